The minimum Gasteiger partial charge on any atom is -0.465 e. The number of carbonyl (C=O) groups is 1. The predicted octanol–water partition coefficient (Wildman–Crippen LogP) is 5.46. The van der Waals surface area contributed by atoms with Crippen molar-refractivity contribution in [2.24, 2.45) is 11.3 Å². The van der Waals surface area contributed by atoms with Crippen LogP contribution in [0.15, 0.2) is 60.7 Å². The maximum atomic E-state index is 12.0. The summed E-state index contributed by atoms with van der Waals surface area (Å²) in [5, 5.41) is 13.7. The van der Waals surface area contributed by atoms with Crippen LogP contribution in [0.2, 0.25) is 5.04 Å². The summed E-state index contributed by atoms with van der Waals surface area (Å²) in [6.07, 6.45) is 3.77. The number of benzene rings is 2. The topological polar surface area (TPSA) is 55.8 Å². The zero-order valence-corrected chi connectivity index (χ0v) is 23.5. The van der Waals surface area contributed by atoms with E-state index in [1.54, 1.807) is 0 Å². The lowest BCUT2D eigenvalue weighted by molar-refractivity contribution is -0.155. The largest absolute Gasteiger partial charge is 0.465 e. The van der Waals surface area contributed by atoms with Crippen LogP contribution in [-0.2, 0) is 14.0 Å². The van der Waals surface area contributed by atoms with Crippen molar-refractivity contribution in [2.45, 2.75) is 84.3 Å². The van der Waals surface area contributed by atoms with E-state index in [2.05, 4.69) is 81.4 Å². The molecule has 192 valence electrons. The smallest absolute Gasteiger partial charge is 0.311 e. The second kappa shape index (κ2) is 11.0. The molecule has 4 nitrogen and oxygen atoms in total. The van der Waals surface area contributed by atoms with Gasteiger partial charge in [0.05, 0.1) is 17.6 Å². The van der Waals surface area contributed by atoms with Gasteiger partial charge in [-0.05, 0) is 67.8 Å². The first-order valence-corrected chi connectivity index (χ1v) is 14.9. The summed E-state index contributed by atoms with van der Waals surface area (Å²) in [6.45, 7) is 13.4. The molecule has 0 aromatic heterocycles. The SMILES string of the molecule is CC(C)(C)C(=O)OCCC1(O)CCC(CO[Si](c2ccccc2)(c2ccccc2)C(C)(C)C)CC1. The molecule has 1 fully saturated rings. The van der Waals surface area contributed by atoms with Crippen molar-refractivity contribution in [1.82, 2.24) is 0 Å². The molecule has 5 heteroatoms. The maximum Gasteiger partial charge on any atom is 0.311 e. The van der Waals surface area contributed by atoms with Gasteiger partial charge in [-0.15, -0.1) is 0 Å². The molecule has 1 aliphatic carbocycles. The summed E-state index contributed by atoms with van der Waals surface area (Å²) in [5.74, 6) is 0.197. The van der Waals surface area contributed by atoms with Gasteiger partial charge in [-0.2, -0.15) is 0 Å². The third-order valence-electron chi connectivity index (χ3n) is 7.40. The van der Waals surface area contributed by atoms with Crippen molar-refractivity contribution in [3.8, 4) is 0 Å². The summed E-state index contributed by atoms with van der Waals surface area (Å²) < 4.78 is 12.5. The molecule has 1 N–H and O–H groups in total. The lowest BCUT2D eigenvalue weighted by atomic mass is 9.77. The van der Waals surface area contributed by atoms with Crippen LogP contribution < -0.4 is 10.4 Å². The van der Waals surface area contributed by atoms with Gasteiger partial charge in [-0.3, -0.25) is 4.79 Å². The van der Waals surface area contributed by atoms with Gasteiger partial charge in [0.15, 0.2) is 0 Å². The Morgan fingerprint density at radius 2 is 1.40 bits per heavy atom. The fourth-order valence-electron chi connectivity index (χ4n) is 5.19. The van der Waals surface area contributed by atoms with E-state index in [1.165, 1.54) is 10.4 Å². The molecule has 3 rings (SSSR count). The highest BCUT2D eigenvalue weighted by atomic mass is 28.4. The zero-order chi connectivity index (χ0) is 25.7. The van der Waals surface area contributed by atoms with Crippen LogP contribution in [0.3, 0.4) is 0 Å². The number of rotatable bonds is 8. The van der Waals surface area contributed by atoms with Gasteiger partial charge >= 0.3 is 5.97 Å². The maximum absolute atomic E-state index is 12.0. The first-order valence-electron chi connectivity index (χ1n) is 13.0. The van der Waals surface area contributed by atoms with Gasteiger partial charge in [0.25, 0.3) is 8.32 Å². The zero-order valence-electron chi connectivity index (χ0n) is 22.5. The van der Waals surface area contributed by atoms with Gasteiger partial charge in [-0.25, -0.2) is 0 Å². The van der Waals surface area contributed by atoms with Crippen LogP contribution >= 0.6 is 0 Å². The summed E-state index contributed by atoms with van der Waals surface area (Å²) in [4.78, 5) is 12.0. The van der Waals surface area contributed by atoms with E-state index in [0.717, 1.165) is 25.7 Å². The van der Waals surface area contributed by atoms with Crippen molar-refractivity contribution in [1.29, 1.82) is 0 Å². The van der Waals surface area contributed by atoms with E-state index in [1.807, 2.05) is 20.8 Å². The highest BCUT2D eigenvalue weighted by molar-refractivity contribution is 6.99. The molecule has 0 amide bonds. The summed E-state index contributed by atoms with van der Waals surface area (Å²) >= 11 is 0. The third kappa shape index (κ3) is 6.63. The molecule has 0 unspecified atom stereocenters. The molecule has 0 aliphatic heterocycles. The van der Waals surface area contributed by atoms with E-state index < -0.39 is 19.3 Å². The second-order valence-electron chi connectivity index (χ2n) is 12.3. The Morgan fingerprint density at radius 3 is 1.83 bits per heavy atom. The highest BCUT2D eigenvalue weighted by Gasteiger charge is 2.50. The average molecular weight is 497 g/mol. The predicted molar refractivity (Wildman–Crippen MR) is 146 cm³/mol. The van der Waals surface area contributed by atoms with E-state index in [4.69, 9.17) is 9.16 Å². The van der Waals surface area contributed by atoms with Gasteiger partial charge in [0.2, 0.25) is 0 Å². The highest BCUT2D eigenvalue weighted by Crippen LogP contribution is 2.39. The first kappa shape index (κ1) is 27.6. The standard InChI is InChI=1S/C30H44O4Si/c1-28(2,3)27(31)33-22-21-30(32)19-17-24(18-20-30)23-34-35(29(4,5)6,25-13-9-7-10-14-25)26-15-11-8-12-16-26/h7-16,24,32H,17-23H2,1-6H3. The molecule has 1 saturated carbocycles. The van der Waals surface area contributed by atoms with E-state index in [0.29, 0.717) is 18.9 Å². The molecule has 0 heterocycles. The quantitative estimate of drug-likeness (QED) is 0.389. The minimum absolute atomic E-state index is 0.0396. The lowest BCUT2D eigenvalue weighted by Crippen LogP contribution is -2.67. The Hall–Kier alpha value is -1.95. The molecule has 0 atom stereocenters. The van der Waals surface area contributed by atoms with Crippen molar-refractivity contribution in [3.05, 3.63) is 60.7 Å². The molecule has 2 aromatic rings. The van der Waals surface area contributed by atoms with Crippen molar-refractivity contribution in [2.75, 3.05) is 13.2 Å². The molecule has 0 bridgehead atoms. The number of esters is 1. The van der Waals surface area contributed by atoms with Gasteiger partial charge in [0.1, 0.15) is 0 Å². The number of ether oxygens (including phenoxy) is 1. The minimum atomic E-state index is -2.54. The molecule has 35 heavy (non-hydrogen) atoms. The fourth-order valence-corrected chi connectivity index (χ4v) is 9.83. The molecule has 2 aromatic carbocycles. The summed E-state index contributed by atoms with van der Waals surface area (Å²) in [6, 6.07) is 21.5. The van der Waals surface area contributed by atoms with E-state index >= 15 is 0 Å². The van der Waals surface area contributed by atoms with Crippen LogP contribution in [0, 0.1) is 11.3 Å². The van der Waals surface area contributed by atoms with Crippen LogP contribution in [-0.4, -0.2) is 38.2 Å². The Balaban J connectivity index is 1.68. The van der Waals surface area contributed by atoms with E-state index in [-0.39, 0.29) is 17.6 Å². The molecule has 0 radical (unpaired) electrons. The monoisotopic (exact) mass is 496 g/mol. The Morgan fingerprint density at radius 1 is 0.914 bits per heavy atom. The van der Waals surface area contributed by atoms with Crippen molar-refractivity contribution in [3.63, 3.8) is 0 Å². The normalized spacial score (nSPS) is 21.5. The van der Waals surface area contributed by atoms with Gasteiger partial charge in [0, 0.05) is 13.0 Å². The van der Waals surface area contributed by atoms with Crippen LogP contribution in [0.5, 0.6) is 0 Å². The van der Waals surface area contributed by atoms with Crippen molar-refractivity contribution < 1.29 is 19.1 Å². The average Bonchev–Trinajstić information content (AvgIpc) is 2.80. The number of aliphatic hydroxyl groups is 1. The number of carbonyl (C=O) groups excluding carboxylic acids is 1. The van der Waals surface area contributed by atoms with Crippen LogP contribution in [0.25, 0.3) is 0 Å². The van der Waals surface area contributed by atoms with Crippen LogP contribution in [0.4, 0.5) is 0 Å². The summed E-state index contributed by atoms with van der Waals surface area (Å²) in [7, 11) is -2.54. The Labute approximate surface area is 213 Å². The Kier molecular flexibility index (Phi) is 8.67. The molecule has 0 spiro atoms. The van der Waals surface area contributed by atoms with Crippen molar-refractivity contribution >= 4 is 24.7 Å². The number of hydrogen-bond acceptors (Lipinski definition) is 4. The summed E-state index contributed by atoms with van der Waals surface area (Å²) in [5.41, 5.74) is -1.27. The molecule has 0 saturated heterocycles. The van der Waals surface area contributed by atoms with E-state index in [9.17, 15) is 9.90 Å². The lowest BCUT2D eigenvalue weighted by Gasteiger charge is -2.44. The second-order valence-corrected chi connectivity index (χ2v) is 16.6. The molecular formula is C30H44O4Si. The fraction of sp³-hybridized carbons (Fsp3) is 0.567. The third-order valence-corrected chi connectivity index (χ3v) is 12.4. The first-order chi connectivity index (χ1) is 16.4. The molecule has 1 aliphatic rings. The number of hydrogen-bond donors (Lipinski definition) is 1. The van der Waals surface area contributed by atoms with Crippen LogP contribution in [0.1, 0.15) is 73.6 Å². The molecular weight excluding hydrogens is 452 g/mol. The van der Waals surface area contributed by atoms with Gasteiger partial charge in [-0.1, -0.05) is 81.4 Å². The van der Waals surface area contributed by atoms with Gasteiger partial charge < -0.3 is 14.3 Å². The Bertz CT molecular complexity index is 896.